The summed E-state index contributed by atoms with van der Waals surface area (Å²) < 4.78 is 15.4. The Bertz CT molecular complexity index is 821. The molecule has 0 atom stereocenters. The Labute approximate surface area is 152 Å². The van der Waals surface area contributed by atoms with Crippen LogP contribution in [0.5, 0.6) is 11.5 Å². The third-order valence-corrected chi connectivity index (χ3v) is 3.37. The minimum atomic E-state index is -0.478. The molecule has 0 aromatic heterocycles. The molecule has 0 unspecified atom stereocenters. The third-order valence-electron chi connectivity index (χ3n) is 3.37. The van der Waals surface area contributed by atoms with Gasteiger partial charge in [0.05, 0.1) is 26.1 Å². The number of methoxy groups -OCH3 is 1. The van der Waals surface area contributed by atoms with E-state index in [1.54, 1.807) is 56.5 Å². The van der Waals surface area contributed by atoms with Gasteiger partial charge in [0.15, 0.2) is 5.78 Å². The van der Waals surface area contributed by atoms with Crippen molar-refractivity contribution in [3.63, 3.8) is 0 Å². The van der Waals surface area contributed by atoms with Gasteiger partial charge in [0.1, 0.15) is 11.5 Å². The van der Waals surface area contributed by atoms with Crippen molar-refractivity contribution in [2.24, 2.45) is 0 Å². The van der Waals surface area contributed by atoms with Crippen LogP contribution in [0, 0.1) is 0 Å². The molecule has 26 heavy (non-hydrogen) atoms. The molecule has 0 spiro atoms. The number of hydrogen-bond acceptors (Lipinski definition) is 5. The Morgan fingerprint density at radius 3 is 2.62 bits per heavy atom. The van der Waals surface area contributed by atoms with Crippen LogP contribution in [0.2, 0.25) is 0 Å². The van der Waals surface area contributed by atoms with Crippen LogP contribution in [0.4, 0.5) is 0 Å². The van der Waals surface area contributed by atoms with Gasteiger partial charge in [-0.1, -0.05) is 30.3 Å². The van der Waals surface area contributed by atoms with E-state index in [0.29, 0.717) is 29.2 Å². The van der Waals surface area contributed by atoms with Crippen LogP contribution in [0.3, 0.4) is 0 Å². The number of carbonyl (C=O) groups excluding carboxylic acids is 2. The average Bonchev–Trinajstić information content (AvgIpc) is 2.67. The van der Waals surface area contributed by atoms with Gasteiger partial charge >= 0.3 is 5.97 Å². The van der Waals surface area contributed by atoms with Gasteiger partial charge in [0.25, 0.3) is 0 Å². The summed E-state index contributed by atoms with van der Waals surface area (Å²) in [4.78, 5) is 23.6. The first-order chi connectivity index (χ1) is 12.6. The number of allylic oxidation sites excluding steroid dienone is 1. The van der Waals surface area contributed by atoms with E-state index < -0.39 is 5.97 Å². The molecular formula is C21H20O5. The minimum Gasteiger partial charge on any atom is -0.497 e. The van der Waals surface area contributed by atoms with Gasteiger partial charge in [-0.3, -0.25) is 4.79 Å². The number of benzene rings is 2. The van der Waals surface area contributed by atoms with Crippen molar-refractivity contribution >= 4 is 17.8 Å². The highest BCUT2D eigenvalue weighted by atomic mass is 16.5. The van der Waals surface area contributed by atoms with Crippen molar-refractivity contribution in [3.05, 3.63) is 78.1 Å². The van der Waals surface area contributed by atoms with Crippen LogP contribution in [0.1, 0.15) is 22.8 Å². The Hall–Kier alpha value is -3.34. The minimum absolute atomic E-state index is 0.152. The summed E-state index contributed by atoms with van der Waals surface area (Å²) in [6, 6.07) is 14.1. The molecule has 0 aliphatic heterocycles. The number of para-hydroxylation sites is 1. The van der Waals surface area contributed by atoms with Crippen molar-refractivity contribution in [1.82, 2.24) is 0 Å². The van der Waals surface area contributed by atoms with Crippen molar-refractivity contribution in [1.29, 1.82) is 0 Å². The van der Waals surface area contributed by atoms with Crippen molar-refractivity contribution in [2.75, 3.05) is 13.7 Å². The highest BCUT2D eigenvalue weighted by Gasteiger charge is 2.04. The highest BCUT2D eigenvalue weighted by Crippen LogP contribution is 2.20. The molecule has 2 aromatic rings. The van der Waals surface area contributed by atoms with E-state index in [9.17, 15) is 9.59 Å². The molecule has 2 rings (SSSR count). The Morgan fingerprint density at radius 2 is 1.85 bits per heavy atom. The van der Waals surface area contributed by atoms with Gasteiger partial charge in [-0.25, -0.2) is 4.79 Å². The maximum atomic E-state index is 12.3. The summed E-state index contributed by atoms with van der Waals surface area (Å²) in [6.07, 6.45) is 5.58. The van der Waals surface area contributed by atoms with Gasteiger partial charge in [0, 0.05) is 11.1 Å². The molecule has 0 aliphatic rings. The molecule has 0 amide bonds. The molecular weight excluding hydrogens is 332 g/mol. The van der Waals surface area contributed by atoms with Crippen LogP contribution in [0.15, 0.2) is 66.9 Å². The fourth-order valence-corrected chi connectivity index (χ4v) is 2.12. The zero-order valence-electron chi connectivity index (χ0n) is 14.7. The first-order valence-corrected chi connectivity index (χ1v) is 8.09. The van der Waals surface area contributed by atoms with Crippen LogP contribution in [0.25, 0.3) is 6.08 Å². The van der Waals surface area contributed by atoms with Gasteiger partial charge in [-0.05, 0) is 37.3 Å². The van der Waals surface area contributed by atoms with E-state index >= 15 is 0 Å². The second-order valence-corrected chi connectivity index (χ2v) is 5.14. The molecule has 0 bridgehead atoms. The van der Waals surface area contributed by atoms with Crippen LogP contribution in [-0.4, -0.2) is 25.5 Å². The average molecular weight is 352 g/mol. The molecule has 0 fully saturated rings. The zero-order chi connectivity index (χ0) is 18.8. The second kappa shape index (κ2) is 9.84. The summed E-state index contributed by atoms with van der Waals surface area (Å²) in [5.74, 6) is 0.509. The molecule has 0 heterocycles. The summed E-state index contributed by atoms with van der Waals surface area (Å²) in [5, 5.41) is 0. The van der Waals surface area contributed by atoms with Crippen LogP contribution >= 0.6 is 0 Å². The number of hydrogen-bond donors (Lipinski definition) is 0. The fraction of sp³-hybridized carbons (Fsp3) is 0.143. The normalized spacial score (nSPS) is 10.8. The molecule has 0 N–H and O–H groups in total. The fourth-order valence-electron chi connectivity index (χ4n) is 2.12. The molecule has 0 aliphatic carbocycles. The number of carbonyl (C=O) groups is 2. The topological polar surface area (TPSA) is 61.8 Å². The first-order valence-electron chi connectivity index (χ1n) is 8.09. The zero-order valence-corrected chi connectivity index (χ0v) is 14.7. The second-order valence-electron chi connectivity index (χ2n) is 5.14. The lowest BCUT2D eigenvalue weighted by atomic mass is 10.1. The lowest BCUT2D eigenvalue weighted by Gasteiger charge is -2.05. The monoisotopic (exact) mass is 352 g/mol. The molecule has 0 radical (unpaired) electrons. The van der Waals surface area contributed by atoms with Crippen molar-refractivity contribution < 1.29 is 23.8 Å². The molecule has 5 nitrogen and oxygen atoms in total. The van der Waals surface area contributed by atoms with E-state index in [2.05, 4.69) is 0 Å². The molecule has 5 heteroatoms. The predicted molar refractivity (Wildman–Crippen MR) is 99.2 cm³/mol. The number of esters is 1. The maximum Gasteiger partial charge on any atom is 0.333 e. The third kappa shape index (κ3) is 5.63. The molecule has 0 saturated heterocycles. The largest absolute Gasteiger partial charge is 0.497 e. The lowest BCUT2D eigenvalue weighted by Crippen LogP contribution is -2.00. The van der Waals surface area contributed by atoms with E-state index in [1.807, 2.05) is 12.1 Å². The summed E-state index contributed by atoms with van der Waals surface area (Å²) in [6.45, 7) is 2.03. The van der Waals surface area contributed by atoms with E-state index in [0.717, 1.165) is 0 Å². The Balaban J connectivity index is 2.10. The van der Waals surface area contributed by atoms with Crippen LogP contribution in [-0.2, 0) is 9.53 Å². The Kier molecular flexibility index (Phi) is 7.18. The summed E-state index contributed by atoms with van der Waals surface area (Å²) in [7, 11) is 1.55. The lowest BCUT2D eigenvalue weighted by molar-refractivity contribution is -0.137. The van der Waals surface area contributed by atoms with E-state index in [4.69, 9.17) is 14.2 Å². The maximum absolute atomic E-state index is 12.3. The van der Waals surface area contributed by atoms with Crippen molar-refractivity contribution in [3.8, 4) is 11.5 Å². The predicted octanol–water partition coefficient (Wildman–Crippen LogP) is 4.05. The van der Waals surface area contributed by atoms with Gasteiger partial charge in [0.2, 0.25) is 0 Å². The molecule has 0 saturated carbocycles. The van der Waals surface area contributed by atoms with Crippen LogP contribution < -0.4 is 9.47 Å². The number of rotatable bonds is 8. The molecule has 2 aromatic carbocycles. The SMILES string of the molecule is CCOC(=O)/C=C/Oc1ccccc1/C=C/C(=O)c1cccc(OC)c1. The van der Waals surface area contributed by atoms with Gasteiger partial charge in [-0.15, -0.1) is 0 Å². The summed E-state index contributed by atoms with van der Waals surface area (Å²) >= 11 is 0. The standard InChI is InChI=1S/C21H20O5/c1-3-25-21(23)13-14-26-20-10-5-4-7-16(20)11-12-19(22)17-8-6-9-18(15-17)24-2/h4-15H,3H2,1-2H3/b12-11+,14-13+. The summed E-state index contributed by atoms with van der Waals surface area (Å²) in [5.41, 5.74) is 1.23. The quantitative estimate of drug-likeness (QED) is 0.310. The molecule has 134 valence electrons. The smallest absolute Gasteiger partial charge is 0.333 e. The van der Waals surface area contributed by atoms with Crippen molar-refractivity contribution in [2.45, 2.75) is 6.92 Å². The number of ketones is 1. The van der Waals surface area contributed by atoms with E-state index in [-0.39, 0.29) is 5.78 Å². The van der Waals surface area contributed by atoms with Gasteiger partial charge < -0.3 is 14.2 Å². The first kappa shape index (κ1) is 19.0. The highest BCUT2D eigenvalue weighted by molar-refractivity contribution is 6.07. The van der Waals surface area contributed by atoms with E-state index in [1.165, 1.54) is 18.4 Å². The Morgan fingerprint density at radius 1 is 1.04 bits per heavy atom. The van der Waals surface area contributed by atoms with Gasteiger partial charge in [-0.2, -0.15) is 0 Å². The number of ether oxygens (including phenoxy) is 3.